The fourth-order valence-corrected chi connectivity index (χ4v) is 3.02. The molecule has 0 aliphatic carbocycles. The number of H-pyrrole nitrogens is 1. The van der Waals surface area contributed by atoms with Gasteiger partial charge in [-0.05, 0) is 18.6 Å². The number of hydrogen-bond acceptors (Lipinski definition) is 2. The number of pyridine rings is 1. The van der Waals surface area contributed by atoms with Crippen molar-refractivity contribution in [3.05, 3.63) is 58.3 Å². The van der Waals surface area contributed by atoms with Gasteiger partial charge in [-0.1, -0.05) is 30.7 Å². The maximum absolute atomic E-state index is 12.8. The van der Waals surface area contributed by atoms with Crippen molar-refractivity contribution in [1.82, 2.24) is 15.0 Å². The Bertz CT molecular complexity index is 871. The molecule has 0 amide bonds. The van der Waals surface area contributed by atoms with Crippen molar-refractivity contribution >= 4 is 22.5 Å². The van der Waals surface area contributed by atoms with Crippen LogP contribution in [0, 0.1) is 6.92 Å². The Balaban J connectivity index is 2.11. The Morgan fingerprint density at radius 2 is 1.96 bits per heavy atom. The number of rotatable bonds is 2. The van der Waals surface area contributed by atoms with E-state index in [0.29, 0.717) is 15.9 Å². The molecule has 1 aromatic carbocycles. The molecule has 0 fully saturated rings. The molecule has 0 saturated heterocycles. The summed E-state index contributed by atoms with van der Waals surface area (Å²) >= 11 is 6.39. The molecule has 0 unspecified atom stereocenters. The average molecular weight is 340 g/mol. The third-order valence-electron chi connectivity index (χ3n) is 3.92. The molecule has 0 saturated carbocycles. The molecule has 7 heteroatoms. The van der Waals surface area contributed by atoms with Crippen LogP contribution >= 0.6 is 11.6 Å². The van der Waals surface area contributed by atoms with Crippen LogP contribution in [0.2, 0.25) is 5.02 Å². The van der Waals surface area contributed by atoms with E-state index < -0.39 is 11.7 Å². The maximum atomic E-state index is 12.8. The molecular weight excluding hydrogens is 327 g/mol. The fraction of sp³-hybridized carbons (Fsp3) is 0.250. The van der Waals surface area contributed by atoms with Crippen molar-refractivity contribution in [2.45, 2.75) is 25.9 Å². The molecule has 2 aromatic heterocycles. The number of halogens is 4. The first-order valence-electron chi connectivity index (χ1n) is 6.94. The zero-order valence-electron chi connectivity index (χ0n) is 12.4. The third kappa shape index (κ3) is 2.79. The Morgan fingerprint density at radius 3 is 2.57 bits per heavy atom. The molecule has 1 N–H and O–H groups in total. The van der Waals surface area contributed by atoms with Crippen LogP contribution in [-0.4, -0.2) is 15.0 Å². The summed E-state index contributed by atoms with van der Waals surface area (Å²) in [5.41, 5.74) is 2.14. The maximum Gasteiger partial charge on any atom is 0.417 e. The van der Waals surface area contributed by atoms with Gasteiger partial charge in [0.1, 0.15) is 0 Å². The SMILES string of the molecule is Cc1nc[nH]c1[C@H](C)c1ccc2cc(C(F)(F)F)cnc2c1Cl. The zero-order valence-corrected chi connectivity index (χ0v) is 13.1. The molecule has 3 nitrogen and oxygen atoms in total. The van der Waals surface area contributed by atoms with Gasteiger partial charge in [0.2, 0.25) is 0 Å². The highest BCUT2D eigenvalue weighted by atomic mass is 35.5. The molecule has 0 bridgehead atoms. The van der Waals surface area contributed by atoms with Gasteiger partial charge >= 0.3 is 6.18 Å². The fourth-order valence-electron chi connectivity index (χ4n) is 2.64. The first-order chi connectivity index (χ1) is 10.8. The van der Waals surface area contributed by atoms with Crippen molar-refractivity contribution in [3.63, 3.8) is 0 Å². The van der Waals surface area contributed by atoms with Crippen LogP contribution in [0.25, 0.3) is 10.9 Å². The molecule has 3 rings (SSSR count). The van der Waals surface area contributed by atoms with E-state index >= 15 is 0 Å². The van der Waals surface area contributed by atoms with Crippen LogP contribution in [0.3, 0.4) is 0 Å². The lowest BCUT2D eigenvalue weighted by Gasteiger charge is -2.15. The van der Waals surface area contributed by atoms with E-state index in [1.54, 1.807) is 18.5 Å². The van der Waals surface area contributed by atoms with Crippen molar-refractivity contribution < 1.29 is 13.2 Å². The molecule has 0 aliphatic heterocycles. The summed E-state index contributed by atoms with van der Waals surface area (Å²) in [6, 6.07) is 4.41. The normalized spacial score (nSPS) is 13.5. The molecule has 3 aromatic rings. The highest BCUT2D eigenvalue weighted by Crippen LogP contribution is 2.36. The van der Waals surface area contributed by atoms with Gasteiger partial charge in [-0.3, -0.25) is 4.98 Å². The monoisotopic (exact) mass is 339 g/mol. The number of hydrogen-bond donors (Lipinski definition) is 1. The largest absolute Gasteiger partial charge is 0.417 e. The van der Waals surface area contributed by atoms with Gasteiger partial charge in [-0.25, -0.2) is 4.98 Å². The van der Waals surface area contributed by atoms with E-state index in [-0.39, 0.29) is 5.92 Å². The molecule has 1 atom stereocenters. The van der Waals surface area contributed by atoms with E-state index in [2.05, 4.69) is 15.0 Å². The Labute approximate surface area is 135 Å². The van der Waals surface area contributed by atoms with Crippen LogP contribution in [0.4, 0.5) is 13.2 Å². The number of fused-ring (bicyclic) bond motifs is 1. The van der Waals surface area contributed by atoms with Gasteiger partial charge < -0.3 is 4.98 Å². The topological polar surface area (TPSA) is 41.6 Å². The van der Waals surface area contributed by atoms with E-state index in [9.17, 15) is 13.2 Å². The summed E-state index contributed by atoms with van der Waals surface area (Å²) in [5.74, 6) is -0.0708. The Kier molecular flexibility index (Phi) is 3.80. The van der Waals surface area contributed by atoms with Crippen LogP contribution in [0.1, 0.15) is 35.4 Å². The van der Waals surface area contributed by atoms with E-state index in [0.717, 1.165) is 29.2 Å². The molecule has 23 heavy (non-hydrogen) atoms. The lowest BCUT2D eigenvalue weighted by molar-refractivity contribution is -0.137. The standard InChI is InChI=1S/C16H13ClF3N3/c1-8(14-9(2)22-7-23-14)12-4-3-10-5-11(16(18,19)20)6-21-15(10)13(12)17/h3-8H,1-2H3,(H,22,23)/t8-/m1/s1. The second-order valence-electron chi connectivity index (χ2n) is 5.39. The molecule has 0 spiro atoms. The number of aromatic nitrogens is 3. The molecule has 2 heterocycles. The van der Waals surface area contributed by atoms with E-state index in [1.807, 2.05) is 13.8 Å². The van der Waals surface area contributed by atoms with E-state index in [4.69, 9.17) is 11.6 Å². The van der Waals surface area contributed by atoms with Crippen molar-refractivity contribution in [2.24, 2.45) is 0 Å². The van der Waals surface area contributed by atoms with Gasteiger partial charge in [-0.15, -0.1) is 0 Å². The summed E-state index contributed by atoms with van der Waals surface area (Å²) in [6.07, 6.45) is -2.01. The highest BCUT2D eigenvalue weighted by molar-refractivity contribution is 6.36. The molecule has 120 valence electrons. The molecule has 0 radical (unpaired) electrons. The number of alkyl halides is 3. The number of imidazole rings is 1. The molecule has 0 aliphatic rings. The first kappa shape index (κ1) is 15.8. The predicted molar refractivity (Wildman–Crippen MR) is 82.6 cm³/mol. The summed E-state index contributed by atoms with van der Waals surface area (Å²) in [7, 11) is 0. The minimum absolute atomic E-state index is 0.0708. The van der Waals surface area contributed by atoms with Crippen LogP contribution in [-0.2, 0) is 6.18 Å². The predicted octanol–water partition coefficient (Wildman–Crippen LogP) is 5.09. The second kappa shape index (κ2) is 5.53. The van der Waals surface area contributed by atoms with Crippen LogP contribution < -0.4 is 0 Å². The number of nitrogens with zero attached hydrogens (tertiary/aromatic N) is 2. The minimum Gasteiger partial charge on any atom is -0.348 e. The summed E-state index contributed by atoms with van der Waals surface area (Å²) in [6.45, 7) is 3.84. The number of aromatic amines is 1. The number of benzene rings is 1. The summed E-state index contributed by atoms with van der Waals surface area (Å²) < 4.78 is 38.3. The number of nitrogens with one attached hydrogen (secondary N) is 1. The van der Waals surface area contributed by atoms with Gasteiger partial charge in [0.15, 0.2) is 0 Å². The summed E-state index contributed by atoms with van der Waals surface area (Å²) in [5, 5.41) is 0.722. The van der Waals surface area contributed by atoms with Crippen molar-refractivity contribution in [2.75, 3.05) is 0 Å². The first-order valence-corrected chi connectivity index (χ1v) is 7.32. The zero-order chi connectivity index (χ0) is 16.8. The van der Waals surface area contributed by atoms with Gasteiger partial charge in [0.25, 0.3) is 0 Å². The lowest BCUT2D eigenvalue weighted by Crippen LogP contribution is -2.06. The Hall–Kier alpha value is -2.08. The van der Waals surface area contributed by atoms with Crippen LogP contribution in [0.15, 0.2) is 30.7 Å². The van der Waals surface area contributed by atoms with Crippen LogP contribution in [0.5, 0.6) is 0 Å². The number of aryl methyl sites for hydroxylation is 1. The van der Waals surface area contributed by atoms with Gasteiger partial charge in [0, 0.05) is 23.2 Å². The average Bonchev–Trinajstić information content (AvgIpc) is 2.92. The van der Waals surface area contributed by atoms with Crippen molar-refractivity contribution in [3.8, 4) is 0 Å². The Morgan fingerprint density at radius 1 is 1.22 bits per heavy atom. The minimum atomic E-state index is -4.42. The van der Waals surface area contributed by atoms with E-state index in [1.165, 1.54) is 0 Å². The van der Waals surface area contributed by atoms with Gasteiger partial charge in [-0.2, -0.15) is 13.2 Å². The lowest BCUT2D eigenvalue weighted by atomic mass is 9.95. The third-order valence-corrected chi connectivity index (χ3v) is 4.31. The van der Waals surface area contributed by atoms with Crippen molar-refractivity contribution in [1.29, 1.82) is 0 Å². The smallest absolute Gasteiger partial charge is 0.348 e. The quantitative estimate of drug-likeness (QED) is 0.706. The second-order valence-corrected chi connectivity index (χ2v) is 5.76. The summed E-state index contributed by atoms with van der Waals surface area (Å²) in [4.78, 5) is 11.1. The van der Waals surface area contributed by atoms with Gasteiger partial charge in [0.05, 0.1) is 28.1 Å². The molecular formula is C16H13ClF3N3. The highest BCUT2D eigenvalue weighted by Gasteiger charge is 2.31.